The molecule has 4 rings (SSSR count). The molecule has 1 aliphatic heterocycles. The van der Waals surface area contributed by atoms with Crippen molar-refractivity contribution >= 4 is 21.6 Å². The van der Waals surface area contributed by atoms with Gasteiger partial charge in [-0.2, -0.15) is 0 Å². The summed E-state index contributed by atoms with van der Waals surface area (Å²) in [5, 5.41) is 0.999. The summed E-state index contributed by atoms with van der Waals surface area (Å²) >= 11 is 1.69. The SMILES string of the molecule is c1ccc(-c2nc3ccccc3s2)c(OCC2CO2)c1. The fourth-order valence-electron chi connectivity index (χ4n) is 2.10. The monoisotopic (exact) mass is 283 g/mol. The average molecular weight is 283 g/mol. The summed E-state index contributed by atoms with van der Waals surface area (Å²) in [6.45, 7) is 1.42. The Morgan fingerprint density at radius 1 is 1.15 bits per heavy atom. The van der Waals surface area contributed by atoms with Crippen LogP contribution in [0.4, 0.5) is 0 Å². The van der Waals surface area contributed by atoms with Gasteiger partial charge in [-0.15, -0.1) is 11.3 Å². The molecule has 100 valence electrons. The highest BCUT2D eigenvalue weighted by molar-refractivity contribution is 7.21. The molecule has 0 N–H and O–H groups in total. The van der Waals surface area contributed by atoms with Crippen LogP contribution in [0.1, 0.15) is 0 Å². The molecule has 3 nitrogen and oxygen atoms in total. The van der Waals surface area contributed by atoms with Crippen LogP contribution < -0.4 is 4.74 Å². The maximum atomic E-state index is 5.85. The summed E-state index contributed by atoms with van der Waals surface area (Å²) in [6, 6.07) is 16.2. The lowest BCUT2D eigenvalue weighted by Crippen LogP contribution is -2.04. The number of fused-ring (bicyclic) bond motifs is 1. The highest BCUT2D eigenvalue weighted by atomic mass is 32.1. The van der Waals surface area contributed by atoms with Crippen molar-refractivity contribution in [3.63, 3.8) is 0 Å². The smallest absolute Gasteiger partial charge is 0.129 e. The van der Waals surface area contributed by atoms with Crippen LogP contribution >= 0.6 is 11.3 Å². The van der Waals surface area contributed by atoms with Gasteiger partial charge in [-0.1, -0.05) is 24.3 Å². The number of epoxide rings is 1. The lowest BCUT2D eigenvalue weighted by molar-refractivity contribution is 0.264. The van der Waals surface area contributed by atoms with E-state index >= 15 is 0 Å². The number of nitrogens with zero attached hydrogens (tertiary/aromatic N) is 1. The molecule has 0 aliphatic carbocycles. The van der Waals surface area contributed by atoms with Gasteiger partial charge < -0.3 is 9.47 Å². The van der Waals surface area contributed by atoms with Gasteiger partial charge in [-0.05, 0) is 24.3 Å². The van der Waals surface area contributed by atoms with E-state index in [4.69, 9.17) is 14.5 Å². The lowest BCUT2D eigenvalue weighted by Gasteiger charge is -2.08. The van der Waals surface area contributed by atoms with E-state index in [1.165, 1.54) is 4.70 Å². The molecule has 0 radical (unpaired) electrons. The molecule has 2 heterocycles. The first-order valence-electron chi connectivity index (χ1n) is 6.59. The third-order valence-corrected chi connectivity index (χ3v) is 4.31. The quantitative estimate of drug-likeness (QED) is 0.684. The van der Waals surface area contributed by atoms with Gasteiger partial charge in [-0.3, -0.25) is 0 Å². The fourth-order valence-corrected chi connectivity index (χ4v) is 3.10. The Balaban J connectivity index is 1.72. The molecule has 1 saturated heterocycles. The van der Waals surface area contributed by atoms with E-state index in [0.717, 1.165) is 28.4 Å². The van der Waals surface area contributed by atoms with Gasteiger partial charge in [0.1, 0.15) is 23.5 Å². The van der Waals surface area contributed by atoms with Crippen molar-refractivity contribution in [3.05, 3.63) is 48.5 Å². The molecule has 1 fully saturated rings. The second kappa shape index (κ2) is 4.89. The van der Waals surface area contributed by atoms with Crippen LogP contribution in [0.25, 0.3) is 20.8 Å². The number of rotatable bonds is 4. The summed E-state index contributed by atoms with van der Waals surface area (Å²) in [4.78, 5) is 4.69. The minimum absolute atomic E-state index is 0.262. The lowest BCUT2D eigenvalue weighted by atomic mass is 10.2. The summed E-state index contributed by atoms with van der Waals surface area (Å²) in [6.07, 6.45) is 0.262. The summed E-state index contributed by atoms with van der Waals surface area (Å²) in [7, 11) is 0. The Bertz CT molecular complexity index is 716. The summed E-state index contributed by atoms with van der Waals surface area (Å²) in [5.41, 5.74) is 2.09. The van der Waals surface area contributed by atoms with Crippen LogP contribution in [0, 0.1) is 0 Å². The number of hydrogen-bond donors (Lipinski definition) is 0. The van der Waals surface area contributed by atoms with Crippen molar-refractivity contribution in [2.24, 2.45) is 0 Å². The number of hydrogen-bond acceptors (Lipinski definition) is 4. The van der Waals surface area contributed by atoms with E-state index in [0.29, 0.717) is 6.61 Å². The van der Waals surface area contributed by atoms with E-state index in [-0.39, 0.29) is 6.10 Å². The largest absolute Gasteiger partial charge is 0.490 e. The number of thiazole rings is 1. The molecule has 20 heavy (non-hydrogen) atoms. The van der Waals surface area contributed by atoms with Crippen molar-refractivity contribution in [3.8, 4) is 16.3 Å². The predicted molar refractivity (Wildman–Crippen MR) is 80.3 cm³/mol. The van der Waals surface area contributed by atoms with Crippen LogP contribution in [-0.2, 0) is 4.74 Å². The first-order chi connectivity index (χ1) is 9.90. The third-order valence-electron chi connectivity index (χ3n) is 3.24. The summed E-state index contributed by atoms with van der Waals surface area (Å²) < 4.78 is 12.2. The normalized spacial score (nSPS) is 17.3. The Kier molecular flexibility index (Phi) is 2.90. The van der Waals surface area contributed by atoms with Crippen molar-refractivity contribution < 1.29 is 9.47 Å². The molecular weight excluding hydrogens is 270 g/mol. The minimum Gasteiger partial charge on any atom is -0.490 e. The highest BCUT2D eigenvalue weighted by Gasteiger charge is 2.23. The van der Waals surface area contributed by atoms with Crippen LogP contribution in [-0.4, -0.2) is 24.3 Å². The average Bonchev–Trinajstić information content (AvgIpc) is 3.22. The second-order valence-corrected chi connectivity index (χ2v) is 5.78. The zero-order chi connectivity index (χ0) is 13.4. The van der Waals surface area contributed by atoms with Crippen LogP contribution in [0.15, 0.2) is 48.5 Å². The van der Waals surface area contributed by atoms with Gasteiger partial charge in [0, 0.05) is 0 Å². The van der Waals surface area contributed by atoms with Crippen molar-refractivity contribution in [1.82, 2.24) is 4.98 Å². The van der Waals surface area contributed by atoms with Crippen molar-refractivity contribution in [2.75, 3.05) is 13.2 Å². The molecular formula is C16H13NO2S. The van der Waals surface area contributed by atoms with E-state index in [1.807, 2.05) is 36.4 Å². The Hall–Kier alpha value is -1.91. The zero-order valence-electron chi connectivity index (χ0n) is 10.8. The zero-order valence-corrected chi connectivity index (χ0v) is 11.6. The van der Waals surface area contributed by atoms with Gasteiger partial charge in [0.2, 0.25) is 0 Å². The first-order valence-corrected chi connectivity index (χ1v) is 7.41. The van der Waals surface area contributed by atoms with Gasteiger partial charge in [0.15, 0.2) is 0 Å². The maximum absolute atomic E-state index is 5.85. The second-order valence-electron chi connectivity index (χ2n) is 4.75. The number of ether oxygens (including phenoxy) is 2. The molecule has 1 atom stereocenters. The van der Waals surface area contributed by atoms with Crippen molar-refractivity contribution in [1.29, 1.82) is 0 Å². The molecule has 0 amide bonds. The van der Waals surface area contributed by atoms with Gasteiger partial charge in [0.25, 0.3) is 0 Å². The van der Waals surface area contributed by atoms with Gasteiger partial charge in [0.05, 0.1) is 22.4 Å². The topological polar surface area (TPSA) is 34.6 Å². The standard InChI is InChI=1S/C16H13NO2S/c1-3-7-14(19-10-11-9-18-11)12(5-1)16-17-13-6-2-4-8-15(13)20-16/h1-8,11H,9-10H2. The highest BCUT2D eigenvalue weighted by Crippen LogP contribution is 2.35. The van der Waals surface area contributed by atoms with E-state index in [2.05, 4.69) is 12.1 Å². The summed E-state index contributed by atoms with van der Waals surface area (Å²) in [5.74, 6) is 0.877. The molecule has 3 aromatic rings. The maximum Gasteiger partial charge on any atom is 0.129 e. The minimum atomic E-state index is 0.262. The van der Waals surface area contributed by atoms with Gasteiger partial charge >= 0.3 is 0 Å². The molecule has 0 saturated carbocycles. The predicted octanol–water partition coefficient (Wildman–Crippen LogP) is 3.74. The Morgan fingerprint density at radius 2 is 1.95 bits per heavy atom. The van der Waals surface area contributed by atoms with Crippen LogP contribution in [0.2, 0.25) is 0 Å². The molecule has 0 bridgehead atoms. The molecule has 1 unspecified atom stereocenters. The van der Waals surface area contributed by atoms with Crippen LogP contribution in [0.3, 0.4) is 0 Å². The number of para-hydroxylation sites is 2. The van der Waals surface area contributed by atoms with Crippen LogP contribution in [0.5, 0.6) is 5.75 Å². The number of aromatic nitrogens is 1. The van der Waals surface area contributed by atoms with E-state index in [1.54, 1.807) is 11.3 Å². The molecule has 1 aliphatic rings. The molecule has 1 aromatic heterocycles. The number of benzene rings is 2. The fraction of sp³-hybridized carbons (Fsp3) is 0.188. The molecule has 2 aromatic carbocycles. The van der Waals surface area contributed by atoms with E-state index < -0.39 is 0 Å². The first kappa shape index (κ1) is 11.9. The Labute approximate surface area is 120 Å². The van der Waals surface area contributed by atoms with E-state index in [9.17, 15) is 0 Å². The van der Waals surface area contributed by atoms with Crippen molar-refractivity contribution in [2.45, 2.75) is 6.10 Å². The molecule has 4 heteroatoms. The third kappa shape index (κ3) is 2.28. The molecule has 0 spiro atoms. The van der Waals surface area contributed by atoms with Gasteiger partial charge in [-0.25, -0.2) is 4.98 Å². The Morgan fingerprint density at radius 3 is 2.80 bits per heavy atom.